The quantitative estimate of drug-likeness (QED) is 0.278. The Hall–Kier alpha value is -2.36. The molecule has 182 valence electrons. The van der Waals surface area contributed by atoms with E-state index in [1.165, 1.54) is 24.4 Å². The Kier molecular flexibility index (Phi) is 8.28. The summed E-state index contributed by atoms with van der Waals surface area (Å²) in [6, 6.07) is 7.86. The van der Waals surface area contributed by atoms with Crippen LogP contribution >= 0.6 is 23.1 Å². The molecule has 9 heteroatoms. The molecule has 7 nitrogen and oxygen atoms in total. The molecule has 1 unspecified atom stereocenters. The zero-order valence-corrected chi connectivity index (χ0v) is 22.0. The van der Waals surface area contributed by atoms with Crippen molar-refractivity contribution >= 4 is 28.9 Å². The van der Waals surface area contributed by atoms with Crippen molar-refractivity contribution in [1.82, 2.24) is 19.9 Å². The van der Waals surface area contributed by atoms with E-state index in [2.05, 4.69) is 40.8 Å². The van der Waals surface area contributed by atoms with Crippen molar-refractivity contribution in [2.45, 2.75) is 50.4 Å². The van der Waals surface area contributed by atoms with Gasteiger partial charge in [0.1, 0.15) is 17.4 Å². The lowest BCUT2D eigenvalue weighted by atomic mass is 10.2. The molecule has 0 spiro atoms. The van der Waals surface area contributed by atoms with Crippen LogP contribution in [0.3, 0.4) is 0 Å². The number of rotatable bonds is 11. The number of hydrogen-bond acceptors (Lipinski definition) is 9. The van der Waals surface area contributed by atoms with Gasteiger partial charge in [-0.25, -0.2) is 15.0 Å². The first-order valence-corrected chi connectivity index (χ1v) is 13.5. The molecule has 1 aromatic carbocycles. The third-order valence-corrected chi connectivity index (χ3v) is 7.90. The van der Waals surface area contributed by atoms with Crippen molar-refractivity contribution in [2.75, 3.05) is 39.1 Å². The molecule has 1 aliphatic rings. The van der Waals surface area contributed by atoms with Gasteiger partial charge in [0.15, 0.2) is 16.7 Å². The fourth-order valence-corrected chi connectivity index (χ4v) is 6.16. The van der Waals surface area contributed by atoms with Crippen LogP contribution in [0.25, 0.3) is 10.6 Å². The predicted octanol–water partition coefficient (Wildman–Crippen LogP) is 5.39. The van der Waals surface area contributed by atoms with Gasteiger partial charge in [0.2, 0.25) is 0 Å². The molecule has 4 rings (SSSR count). The van der Waals surface area contributed by atoms with E-state index >= 15 is 0 Å². The smallest absolute Gasteiger partial charge is 0.190 e. The number of nitrogen functional groups attached to an aromatic ring is 1. The molecule has 2 N–H and O–H groups in total. The zero-order chi connectivity index (χ0) is 24.1. The van der Waals surface area contributed by atoms with E-state index in [4.69, 9.17) is 20.2 Å². The number of hydrogen-bond donors (Lipinski definition) is 1. The molecule has 0 aliphatic carbocycles. The molecule has 1 atom stereocenters. The summed E-state index contributed by atoms with van der Waals surface area (Å²) in [5.74, 6) is 2.01. The molecule has 1 saturated heterocycles. The van der Waals surface area contributed by atoms with Gasteiger partial charge in [-0.1, -0.05) is 25.1 Å². The standard InChI is InChI=1S/C25H33N5O2S2/c1-5-7-21-23(17(3)33-25-27-16(2)14-22(26)28-25)29-24(34-21)18-8-9-19(31-4)20(15-18)32-13-12-30-10-6-11-30/h8-9,14-15,17H,5-7,10-13H2,1-4H3,(H2,26,27,28). The Morgan fingerprint density at radius 1 is 1.18 bits per heavy atom. The fourth-order valence-electron chi connectivity index (χ4n) is 3.85. The Bertz CT molecular complexity index is 1100. The summed E-state index contributed by atoms with van der Waals surface area (Å²) in [6.45, 7) is 10.2. The van der Waals surface area contributed by atoms with Crippen molar-refractivity contribution in [3.05, 3.63) is 40.5 Å². The molecule has 1 fully saturated rings. The summed E-state index contributed by atoms with van der Waals surface area (Å²) in [5.41, 5.74) is 8.93. The number of likely N-dealkylation sites (tertiary alicyclic amines) is 1. The average Bonchev–Trinajstić information content (AvgIpc) is 3.19. The molecule has 0 amide bonds. The lowest BCUT2D eigenvalue weighted by molar-refractivity contribution is 0.145. The van der Waals surface area contributed by atoms with Crippen LogP contribution in [0.2, 0.25) is 0 Å². The normalized spacial score (nSPS) is 14.6. The Morgan fingerprint density at radius 3 is 2.68 bits per heavy atom. The Labute approximate surface area is 210 Å². The first kappa shape index (κ1) is 24.8. The van der Waals surface area contributed by atoms with Crippen LogP contribution in [0.15, 0.2) is 29.4 Å². The summed E-state index contributed by atoms with van der Waals surface area (Å²) in [6.07, 6.45) is 3.34. The van der Waals surface area contributed by atoms with Crippen molar-refractivity contribution < 1.29 is 9.47 Å². The van der Waals surface area contributed by atoms with E-state index in [9.17, 15) is 0 Å². The number of methoxy groups -OCH3 is 1. The lowest BCUT2D eigenvalue weighted by Crippen LogP contribution is -2.39. The zero-order valence-electron chi connectivity index (χ0n) is 20.3. The Morgan fingerprint density at radius 2 is 2.00 bits per heavy atom. The molecular formula is C25H33N5O2S2. The summed E-state index contributed by atoms with van der Waals surface area (Å²) in [5, 5.41) is 1.79. The van der Waals surface area contributed by atoms with Gasteiger partial charge in [0.25, 0.3) is 0 Å². The highest BCUT2D eigenvalue weighted by Gasteiger charge is 2.21. The SMILES string of the molecule is CCCc1sc(-c2ccc(OC)c(OCCN3CCC3)c2)nc1C(C)Sc1nc(C)cc(N)n1. The van der Waals surface area contributed by atoms with E-state index in [0.29, 0.717) is 17.6 Å². The van der Waals surface area contributed by atoms with Crippen molar-refractivity contribution in [3.8, 4) is 22.1 Å². The van der Waals surface area contributed by atoms with E-state index in [1.54, 1.807) is 36.3 Å². The maximum Gasteiger partial charge on any atom is 0.190 e. The third kappa shape index (κ3) is 6.00. The van der Waals surface area contributed by atoms with Gasteiger partial charge in [0.05, 0.1) is 18.1 Å². The number of ether oxygens (including phenoxy) is 2. The van der Waals surface area contributed by atoms with Gasteiger partial charge in [-0.15, -0.1) is 11.3 Å². The van der Waals surface area contributed by atoms with Crippen LogP contribution in [-0.4, -0.2) is 53.2 Å². The maximum absolute atomic E-state index is 6.11. The monoisotopic (exact) mass is 499 g/mol. The summed E-state index contributed by atoms with van der Waals surface area (Å²) < 4.78 is 11.7. The van der Waals surface area contributed by atoms with Crippen LogP contribution in [0.1, 0.15) is 48.2 Å². The number of aromatic nitrogens is 3. The molecule has 0 saturated carbocycles. The number of nitrogens with two attached hydrogens (primary N) is 1. The third-order valence-electron chi connectivity index (χ3n) is 5.75. The van der Waals surface area contributed by atoms with Crippen molar-refractivity contribution in [1.29, 1.82) is 0 Å². The molecule has 3 aromatic rings. The molecule has 3 heterocycles. The van der Waals surface area contributed by atoms with E-state index in [1.807, 2.05) is 13.0 Å². The van der Waals surface area contributed by atoms with Gasteiger partial charge in [-0.05, 0) is 58.0 Å². The highest BCUT2D eigenvalue weighted by Crippen LogP contribution is 2.41. The minimum absolute atomic E-state index is 0.109. The molecular weight excluding hydrogens is 466 g/mol. The summed E-state index contributed by atoms with van der Waals surface area (Å²) >= 11 is 3.35. The van der Waals surface area contributed by atoms with Crippen LogP contribution < -0.4 is 15.2 Å². The van der Waals surface area contributed by atoms with E-state index in [-0.39, 0.29) is 5.25 Å². The van der Waals surface area contributed by atoms with Gasteiger partial charge >= 0.3 is 0 Å². The molecule has 0 bridgehead atoms. The van der Waals surface area contributed by atoms with Gasteiger partial charge in [0, 0.05) is 28.7 Å². The van der Waals surface area contributed by atoms with Gasteiger partial charge < -0.3 is 15.2 Å². The lowest BCUT2D eigenvalue weighted by Gasteiger charge is -2.30. The van der Waals surface area contributed by atoms with Crippen LogP contribution in [0.5, 0.6) is 11.5 Å². The number of nitrogens with zero attached hydrogens (tertiary/aromatic N) is 4. The minimum atomic E-state index is 0.109. The number of anilines is 1. The van der Waals surface area contributed by atoms with E-state index in [0.717, 1.165) is 52.8 Å². The topological polar surface area (TPSA) is 86.4 Å². The molecule has 34 heavy (non-hydrogen) atoms. The van der Waals surface area contributed by atoms with Crippen molar-refractivity contribution in [2.24, 2.45) is 0 Å². The average molecular weight is 500 g/mol. The minimum Gasteiger partial charge on any atom is -0.493 e. The maximum atomic E-state index is 6.11. The van der Waals surface area contributed by atoms with Crippen LogP contribution in [0, 0.1) is 6.92 Å². The molecule has 1 aliphatic heterocycles. The second kappa shape index (κ2) is 11.4. The number of aryl methyl sites for hydroxylation is 2. The second-order valence-electron chi connectivity index (χ2n) is 8.46. The number of thiazole rings is 1. The molecule has 0 radical (unpaired) electrons. The molecule has 2 aromatic heterocycles. The predicted molar refractivity (Wildman–Crippen MR) is 140 cm³/mol. The van der Waals surface area contributed by atoms with Gasteiger partial charge in [-0.2, -0.15) is 0 Å². The Balaban J connectivity index is 1.56. The first-order valence-electron chi connectivity index (χ1n) is 11.8. The highest BCUT2D eigenvalue weighted by molar-refractivity contribution is 7.99. The highest BCUT2D eigenvalue weighted by atomic mass is 32.2. The van der Waals surface area contributed by atoms with Crippen LogP contribution in [0.4, 0.5) is 5.82 Å². The number of thioether (sulfide) groups is 1. The summed E-state index contributed by atoms with van der Waals surface area (Å²) in [4.78, 5) is 17.7. The number of benzene rings is 1. The largest absolute Gasteiger partial charge is 0.493 e. The van der Waals surface area contributed by atoms with Gasteiger partial charge in [-0.3, -0.25) is 4.90 Å². The summed E-state index contributed by atoms with van der Waals surface area (Å²) in [7, 11) is 1.68. The van der Waals surface area contributed by atoms with Crippen molar-refractivity contribution in [3.63, 3.8) is 0 Å². The fraction of sp³-hybridized carbons (Fsp3) is 0.480. The first-order chi connectivity index (χ1) is 16.5. The van der Waals surface area contributed by atoms with E-state index < -0.39 is 0 Å². The van der Waals surface area contributed by atoms with Crippen LogP contribution in [-0.2, 0) is 6.42 Å². The second-order valence-corrected chi connectivity index (χ2v) is 10.9.